The van der Waals surface area contributed by atoms with Crippen LogP contribution in [-0.4, -0.2) is 0 Å². The lowest BCUT2D eigenvalue weighted by atomic mass is 9.73. The maximum absolute atomic E-state index is 4.26. The quantitative estimate of drug-likeness (QED) is 0.559. The first-order valence-corrected chi connectivity index (χ1v) is 6.74. The molecule has 3 fully saturated rings. The van der Waals surface area contributed by atoms with Crippen molar-refractivity contribution in [2.75, 3.05) is 0 Å². The summed E-state index contributed by atoms with van der Waals surface area (Å²) >= 11 is 0. The summed E-state index contributed by atoms with van der Waals surface area (Å²) in [6, 6.07) is 0. The topological polar surface area (TPSA) is 0 Å². The highest BCUT2D eigenvalue weighted by Crippen LogP contribution is 2.78. The second-order valence-electron chi connectivity index (χ2n) is 6.64. The molecule has 0 saturated heterocycles. The molecule has 0 nitrogen and oxygen atoms in total. The lowest BCUT2D eigenvalue weighted by molar-refractivity contribution is 0.177. The smallest absolute Gasteiger partial charge is 0.0110 e. The molecule has 84 valence electrons. The van der Waals surface area contributed by atoms with Gasteiger partial charge in [0.15, 0.2) is 0 Å². The van der Waals surface area contributed by atoms with E-state index in [1.807, 2.05) is 0 Å². The van der Waals surface area contributed by atoms with Crippen molar-refractivity contribution in [1.29, 1.82) is 0 Å². The Labute approximate surface area is 94.1 Å². The molecule has 0 aromatic carbocycles. The van der Waals surface area contributed by atoms with Gasteiger partial charge in [0.1, 0.15) is 0 Å². The van der Waals surface area contributed by atoms with E-state index < -0.39 is 0 Å². The molecule has 0 unspecified atom stereocenters. The molecule has 0 amide bonds. The van der Waals surface area contributed by atoms with Gasteiger partial charge in [-0.15, -0.1) is 0 Å². The predicted molar refractivity (Wildman–Crippen MR) is 64.5 cm³/mol. The summed E-state index contributed by atoms with van der Waals surface area (Å²) in [5.41, 5.74) is 2.22. The molecule has 15 heavy (non-hydrogen) atoms. The molecule has 6 atom stereocenters. The molecule has 3 rings (SSSR count). The molecule has 0 aromatic heterocycles. The van der Waals surface area contributed by atoms with Crippen LogP contribution in [-0.2, 0) is 0 Å². The van der Waals surface area contributed by atoms with E-state index in [4.69, 9.17) is 0 Å². The minimum atomic E-state index is 0.739. The van der Waals surface area contributed by atoms with Crippen LogP contribution in [0.25, 0.3) is 0 Å². The zero-order valence-corrected chi connectivity index (χ0v) is 10.4. The Morgan fingerprint density at radius 2 is 1.87 bits per heavy atom. The second-order valence-corrected chi connectivity index (χ2v) is 6.64. The Kier molecular flexibility index (Phi) is 1.92. The van der Waals surface area contributed by atoms with E-state index in [9.17, 15) is 0 Å². The van der Waals surface area contributed by atoms with Crippen molar-refractivity contribution in [2.24, 2.45) is 35.0 Å². The van der Waals surface area contributed by atoms with E-state index in [0.717, 1.165) is 35.0 Å². The first-order valence-electron chi connectivity index (χ1n) is 6.74. The molecule has 1 spiro atoms. The largest absolute Gasteiger partial charge is 0.0998 e. The number of hydrogen-bond acceptors (Lipinski definition) is 0. The monoisotopic (exact) mass is 204 g/mol. The lowest BCUT2D eigenvalue weighted by Crippen LogP contribution is -2.24. The standard InChI is InChI=1S/C15H24/c1-9(2)13-14-11(4)5-6-12-10(3)7-8-15(12,13)14/h10-14H,1,5-8H2,2-4H3/t10-,11-,12+,13+,14+,15-/m1/s1. The van der Waals surface area contributed by atoms with E-state index in [2.05, 4.69) is 27.4 Å². The van der Waals surface area contributed by atoms with E-state index >= 15 is 0 Å². The van der Waals surface area contributed by atoms with Crippen LogP contribution in [0.5, 0.6) is 0 Å². The van der Waals surface area contributed by atoms with Gasteiger partial charge in [-0.05, 0) is 61.2 Å². The summed E-state index contributed by atoms with van der Waals surface area (Å²) in [4.78, 5) is 0. The van der Waals surface area contributed by atoms with Crippen LogP contribution in [0.1, 0.15) is 46.5 Å². The molecule has 0 heterocycles. The van der Waals surface area contributed by atoms with Crippen molar-refractivity contribution in [3.63, 3.8) is 0 Å². The molecule has 0 heteroatoms. The Morgan fingerprint density at radius 3 is 2.53 bits per heavy atom. The summed E-state index contributed by atoms with van der Waals surface area (Å²) in [6.07, 6.45) is 5.97. The van der Waals surface area contributed by atoms with Crippen LogP contribution in [0.15, 0.2) is 12.2 Å². The average Bonchev–Trinajstić information content (AvgIpc) is 2.76. The van der Waals surface area contributed by atoms with Gasteiger partial charge in [-0.2, -0.15) is 0 Å². The maximum atomic E-state index is 4.26. The first-order chi connectivity index (χ1) is 7.09. The fraction of sp³-hybridized carbons (Fsp3) is 0.867. The maximum Gasteiger partial charge on any atom is -0.0110 e. The minimum Gasteiger partial charge on any atom is -0.0998 e. The molecule has 3 aliphatic carbocycles. The van der Waals surface area contributed by atoms with E-state index in [0.29, 0.717) is 0 Å². The zero-order chi connectivity index (χ0) is 10.8. The van der Waals surface area contributed by atoms with E-state index in [1.165, 1.54) is 31.3 Å². The molecule has 0 N–H and O–H groups in total. The van der Waals surface area contributed by atoms with Crippen LogP contribution in [0, 0.1) is 35.0 Å². The average molecular weight is 204 g/mol. The normalized spacial score (nSPS) is 57.1. The van der Waals surface area contributed by atoms with E-state index in [1.54, 1.807) is 0 Å². The van der Waals surface area contributed by atoms with Gasteiger partial charge in [-0.25, -0.2) is 0 Å². The number of hydrogen-bond donors (Lipinski definition) is 0. The van der Waals surface area contributed by atoms with Crippen molar-refractivity contribution in [1.82, 2.24) is 0 Å². The van der Waals surface area contributed by atoms with Crippen LogP contribution in [0.3, 0.4) is 0 Å². The van der Waals surface area contributed by atoms with Crippen molar-refractivity contribution in [2.45, 2.75) is 46.5 Å². The molecule has 0 aliphatic heterocycles. The summed E-state index contributed by atoms with van der Waals surface area (Å²) in [6.45, 7) is 11.5. The SMILES string of the molecule is C=C(C)[C@H]1[C@@H]2[C@H](C)CC[C@H]3[C@H](C)CC[C@@]231. The van der Waals surface area contributed by atoms with Crippen molar-refractivity contribution in [3.8, 4) is 0 Å². The van der Waals surface area contributed by atoms with Crippen LogP contribution >= 0.6 is 0 Å². The second kappa shape index (κ2) is 2.90. The van der Waals surface area contributed by atoms with Gasteiger partial charge in [-0.3, -0.25) is 0 Å². The molecule has 0 radical (unpaired) electrons. The molecule has 3 aliphatic rings. The fourth-order valence-corrected chi connectivity index (χ4v) is 5.48. The minimum absolute atomic E-state index is 0.739. The van der Waals surface area contributed by atoms with Crippen molar-refractivity contribution >= 4 is 0 Å². The fourth-order valence-electron chi connectivity index (χ4n) is 5.48. The van der Waals surface area contributed by atoms with Gasteiger partial charge in [0.05, 0.1) is 0 Å². The van der Waals surface area contributed by atoms with Gasteiger partial charge < -0.3 is 0 Å². The van der Waals surface area contributed by atoms with Crippen LogP contribution in [0.4, 0.5) is 0 Å². The summed E-state index contributed by atoms with van der Waals surface area (Å²) < 4.78 is 0. The third kappa shape index (κ3) is 1.04. The predicted octanol–water partition coefficient (Wildman–Crippen LogP) is 4.27. The summed E-state index contributed by atoms with van der Waals surface area (Å²) in [7, 11) is 0. The zero-order valence-electron chi connectivity index (χ0n) is 10.4. The molecule has 0 bridgehead atoms. The summed E-state index contributed by atoms with van der Waals surface area (Å²) in [5, 5.41) is 0. The van der Waals surface area contributed by atoms with E-state index in [-0.39, 0.29) is 0 Å². The highest BCUT2D eigenvalue weighted by Gasteiger charge is 2.72. The molecular weight excluding hydrogens is 180 g/mol. The highest BCUT2D eigenvalue weighted by molar-refractivity contribution is 5.28. The van der Waals surface area contributed by atoms with Crippen LogP contribution in [0.2, 0.25) is 0 Å². The molecule has 0 aromatic rings. The van der Waals surface area contributed by atoms with Gasteiger partial charge in [0, 0.05) is 0 Å². The Hall–Kier alpha value is -0.260. The number of rotatable bonds is 1. The third-order valence-electron chi connectivity index (χ3n) is 5.94. The Morgan fingerprint density at radius 1 is 1.13 bits per heavy atom. The van der Waals surface area contributed by atoms with Gasteiger partial charge in [0.25, 0.3) is 0 Å². The Balaban J connectivity index is 1.96. The van der Waals surface area contributed by atoms with Gasteiger partial charge in [0.2, 0.25) is 0 Å². The van der Waals surface area contributed by atoms with Gasteiger partial charge in [-0.1, -0.05) is 32.4 Å². The van der Waals surface area contributed by atoms with Crippen molar-refractivity contribution < 1.29 is 0 Å². The molecular formula is C15H24. The Bertz CT molecular complexity index is 303. The lowest BCUT2D eigenvalue weighted by Gasteiger charge is -2.31. The highest BCUT2D eigenvalue weighted by atomic mass is 14.8. The first kappa shape index (κ1) is 9.93. The third-order valence-corrected chi connectivity index (χ3v) is 5.94. The molecule has 3 saturated carbocycles. The van der Waals surface area contributed by atoms with Crippen molar-refractivity contribution in [3.05, 3.63) is 12.2 Å². The van der Waals surface area contributed by atoms with Crippen LogP contribution < -0.4 is 0 Å². The number of allylic oxidation sites excluding steroid dienone is 1. The summed E-state index contributed by atoms with van der Waals surface area (Å²) in [5.74, 6) is 4.90. The van der Waals surface area contributed by atoms with Gasteiger partial charge >= 0.3 is 0 Å².